The average Bonchev–Trinajstić information content (AvgIpc) is 2.75. The Morgan fingerprint density at radius 1 is 1.10 bits per heavy atom. The maximum atomic E-state index is 12.9. The molecule has 3 rings (SSSR count). The number of anilines is 1. The molecular formula is C20H21ClN2O6S. The fraction of sp³-hybridized carbons (Fsp3) is 0.300. The highest BCUT2D eigenvalue weighted by Crippen LogP contribution is 2.27. The third kappa shape index (κ3) is 4.99. The van der Waals surface area contributed by atoms with Gasteiger partial charge in [-0.15, -0.1) is 0 Å². The number of ether oxygens (including phenoxy) is 2. The van der Waals surface area contributed by atoms with Gasteiger partial charge in [-0.05, 0) is 49.4 Å². The van der Waals surface area contributed by atoms with Crippen molar-refractivity contribution in [3.8, 4) is 0 Å². The first-order valence-electron chi connectivity index (χ1n) is 9.29. The topological polar surface area (TPSA) is 102 Å². The van der Waals surface area contributed by atoms with Gasteiger partial charge >= 0.3 is 5.97 Å². The van der Waals surface area contributed by atoms with E-state index < -0.39 is 21.9 Å². The second-order valence-electron chi connectivity index (χ2n) is 6.41. The predicted octanol–water partition coefficient (Wildman–Crippen LogP) is 2.79. The van der Waals surface area contributed by atoms with Crippen LogP contribution >= 0.6 is 11.6 Å². The van der Waals surface area contributed by atoms with Crippen LogP contribution < -0.4 is 5.32 Å². The van der Waals surface area contributed by atoms with Gasteiger partial charge in [-0.2, -0.15) is 4.31 Å². The van der Waals surface area contributed by atoms with E-state index in [-0.39, 0.29) is 35.2 Å². The van der Waals surface area contributed by atoms with Gasteiger partial charge in [0, 0.05) is 24.3 Å². The van der Waals surface area contributed by atoms with Crippen molar-refractivity contribution in [1.29, 1.82) is 0 Å². The van der Waals surface area contributed by atoms with Gasteiger partial charge in [0.15, 0.2) is 0 Å². The molecule has 0 saturated carbocycles. The van der Waals surface area contributed by atoms with Gasteiger partial charge in [0.25, 0.3) is 5.91 Å². The lowest BCUT2D eigenvalue weighted by molar-refractivity contribution is 0.0526. The average molecular weight is 453 g/mol. The standard InChI is InChI=1S/C20H21ClN2O6S/c1-2-29-20(25)14-3-6-16(7-4-14)22-19(24)15-5-8-17(21)18(13-15)30(26,27)23-9-11-28-12-10-23/h3-8,13H,2,9-12H2,1H3,(H,22,24). The van der Waals surface area contributed by atoms with Gasteiger partial charge in [0.2, 0.25) is 10.0 Å². The summed E-state index contributed by atoms with van der Waals surface area (Å²) in [5.41, 5.74) is 0.946. The number of amides is 1. The zero-order chi connectivity index (χ0) is 21.7. The van der Waals surface area contributed by atoms with Crippen molar-refractivity contribution >= 4 is 39.2 Å². The number of rotatable bonds is 6. The van der Waals surface area contributed by atoms with Crippen molar-refractivity contribution in [1.82, 2.24) is 4.31 Å². The van der Waals surface area contributed by atoms with E-state index in [0.717, 1.165) is 0 Å². The van der Waals surface area contributed by atoms with Crippen molar-refractivity contribution in [2.75, 3.05) is 38.2 Å². The Kier molecular flexibility index (Phi) is 7.09. The Balaban J connectivity index is 1.78. The number of carbonyl (C=O) groups excluding carboxylic acids is 2. The Morgan fingerprint density at radius 2 is 1.73 bits per heavy atom. The number of benzene rings is 2. The van der Waals surface area contributed by atoms with Gasteiger partial charge in [0.1, 0.15) is 4.90 Å². The first-order chi connectivity index (χ1) is 14.3. The molecule has 8 nitrogen and oxygen atoms in total. The van der Waals surface area contributed by atoms with Gasteiger partial charge in [-0.1, -0.05) is 11.6 Å². The van der Waals surface area contributed by atoms with Crippen molar-refractivity contribution in [3.63, 3.8) is 0 Å². The third-order valence-corrected chi connectivity index (χ3v) is 6.82. The van der Waals surface area contributed by atoms with E-state index in [0.29, 0.717) is 24.5 Å². The van der Waals surface area contributed by atoms with Crippen LogP contribution in [0.5, 0.6) is 0 Å². The Hall–Kier alpha value is -2.46. The molecular weight excluding hydrogens is 432 g/mol. The number of hydrogen-bond donors (Lipinski definition) is 1. The molecule has 0 aliphatic carbocycles. The van der Waals surface area contributed by atoms with E-state index in [1.54, 1.807) is 19.1 Å². The fourth-order valence-electron chi connectivity index (χ4n) is 2.88. The molecule has 0 atom stereocenters. The fourth-order valence-corrected chi connectivity index (χ4v) is 4.78. The van der Waals surface area contributed by atoms with Gasteiger partial charge < -0.3 is 14.8 Å². The molecule has 1 aliphatic heterocycles. The van der Waals surface area contributed by atoms with Crippen LogP contribution in [0.4, 0.5) is 5.69 Å². The normalized spacial score (nSPS) is 14.9. The van der Waals surface area contributed by atoms with Gasteiger partial charge in [0.05, 0.1) is 30.4 Å². The smallest absolute Gasteiger partial charge is 0.338 e. The summed E-state index contributed by atoms with van der Waals surface area (Å²) in [5.74, 6) is -0.958. The number of halogens is 1. The predicted molar refractivity (Wildman–Crippen MR) is 111 cm³/mol. The number of nitrogens with zero attached hydrogens (tertiary/aromatic N) is 1. The molecule has 2 aromatic carbocycles. The molecule has 1 amide bonds. The molecule has 2 aromatic rings. The summed E-state index contributed by atoms with van der Waals surface area (Å²) >= 11 is 6.13. The van der Waals surface area contributed by atoms with E-state index in [1.165, 1.54) is 34.6 Å². The highest BCUT2D eigenvalue weighted by Gasteiger charge is 2.29. The van der Waals surface area contributed by atoms with Crippen molar-refractivity contribution in [3.05, 3.63) is 58.6 Å². The molecule has 1 saturated heterocycles. The molecule has 1 aliphatic rings. The van der Waals surface area contributed by atoms with Crippen LogP contribution in [-0.4, -0.2) is 57.5 Å². The molecule has 0 aromatic heterocycles. The first kappa shape index (κ1) is 22.2. The largest absolute Gasteiger partial charge is 0.462 e. The third-order valence-electron chi connectivity index (χ3n) is 4.44. The molecule has 0 spiro atoms. The summed E-state index contributed by atoms with van der Waals surface area (Å²) < 4.78 is 37.2. The Labute approximate surface area is 179 Å². The molecule has 30 heavy (non-hydrogen) atoms. The van der Waals surface area contributed by atoms with Crippen LogP contribution in [-0.2, 0) is 19.5 Å². The van der Waals surface area contributed by atoms with E-state index >= 15 is 0 Å². The SMILES string of the molecule is CCOC(=O)c1ccc(NC(=O)c2ccc(Cl)c(S(=O)(=O)N3CCOCC3)c2)cc1. The van der Waals surface area contributed by atoms with Crippen LogP contribution in [0.1, 0.15) is 27.6 Å². The summed E-state index contributed by atoms with van der Waals surface area (Å²) in [7, 11) is -3.85. The second kappa shape index (κ2) is 9.57. The molecule has 1 N–H and O–H groups in total. The molecule has 10 heteroatoms. The molecule has 0 unspecified atom stereocenters. The van der Waals surface area contributed by atoms with E-state index in [4.69, 9.17) is 21.1 Å². The van der Waals surface area contributed by atoms with Crippen LogP contribution in [0.3, 0.4) is 0 Å². The monoisotopic (exact) mass is 452 g/mol. The number of nitrogens with one attached hydrogen (secondary N) is 1. The minimum atomic E-state index is -3.85. The molecule has 1 fully saturated rings. The summed E-state index contributed by atoms with van der Waals surface area (Å²) in [6.07, 6.45) is 0. The van der Waals surface area contributed by atoms with Gasteiger partial charge in [-0.25, -0.2) is 13.2 Å². The molecule has 1 heterocycles. The number of morpholine rings is 1. The van der Waals surface area contributed by atoms with E-state index in [2.05, 4.69) is 5.32 Å². The highest BCUT2D eigenvalue weighted by molar-refractivity contribution is 7.89. The zero-order valence-corrected chi connectivity index (χ0v) is 17.8. The van der Waals surface area contributed by atoms with Crippen molar-refractivity contribution in [2.45, 2.75) is 11.8 Å². The van der Waals surface area contributed by atoms with Crippen LogP contribution in [0.25, 0.3) is 0 Å². The number of carbonyl (C=O) groups is 2. The second-order valence-corrected chi connectivity index (χ2v) is 8.73. The first-order valence-corrected chi connectivity index (χ1v) is 11.1. The van der Waals surface area contributed by atoms with Gasteiger partial charge in [-0.3, -0.25) is 4.79 Å². The lowest BCUT2D eigenvalue weighted by Crippen LogP contribution is -2.40. The van der Waals surface area contributed by atoms with Crippen LogP contribution in [0.15, 0.2) is 47.4 Å². The van der Waals surface area contributed by atoms with E-state index in [1.807, 2.05) is 0 Å². The maximum Gasteiger partial charge on any atom is 0.338 e. The molecule has 0 bridgehead atoms. The lowest BCUT2D eigenvalue weighted by Gasteiger charge is -2.26. The summed E-state index contributed by atoms with van der Waals surface area (Å²) in [6.45, 7) is 3.04. The molecule has 160 valence electrons. The number of hydrogen-bond acceptors (Lipinski definition) is 6. The van der Waals surface area contributed by atoms with Crippen LogP contribution in [0.2, 0.25) is 5.02 Å². The lowest BCUT2D eigenvalue weighted by atomic mass is 10.2. The minimum absolute atomic E-state index is 0.0387. The zero-order valence-electron chi connectivity index (χ0n) is 16.3. The number of esters is 1. The minimum Gasteiger partial charge on any atom is -0.462 e. The summed E-state index contributed by atoms with van der Waals surface area (Å²) in [4.78, 5) is 24.2. The quantitative estimate of drug-likeness (QED) is 0.676. The maximum absolute atomic E-state index is 12.9. The summed E-state index contributed by atoms with van der Waals surface area (Å²) in [6, 6.07) is 10.3. The highest BCUT2D eigenvalue weighted by atomic mass is 35.5. The van der Waals surface area contributed by atoms with E-state index in [9.17, 15) is 18.0 Å². The molecule has 0 radical (unpaired) electrons. The van der Waals surface area contributed by atoms with Crippen molar-refractivity contribution in [2.24, 2.45) is 0 Å². The summed E-state index contributed by atoms with van der Waals surface area (Å²) in [5, 5.41) is 2.71. The van der Waals surface area contributed by atoms with Crippen LogP contribution in [0, 0.1) is 0 Å². The Morgan fingerprint density at radius 3 is 2.37 bits per heavy atom. The van der Waals surface area contributed by atoms with Crippen molar-refractivity contribution < 1.29 is 27.5 Å². The number of sulfonamides is 1. The Bertz CT molecular complexity index is 1030.